The first-order valence-corrected chi connectivity index (χ1v) is 8.04. The molecule has 0 amide bonds. The van der Waals surface area contributed by atoms with Crippen LogP contribution in [0.3, 0.4) is 0 Å². The predicted octanol–water partition coefficient (Wildman–Crippen LogP) is 4.11. The molecule has 0 aliphatic heterocycles. The van der Waals surface area contributed by atoms with E-state index in [-0.39, 0.29) is 0 Å². The van der Waals surface area contributed by atoms with Crippen LogP contribution in [0.25, 0.3) is 28.2 Å². The minimum absolute atomic E-state index is 0.748. The highest BCUT2D eigenvalue weighted by Crippen LogP contribution is 2.26. The molecule has 0 aliphatic carbocycles. The molecule has 0 fully saturated rings. The third kappa shape index (κ3) is 2.80. The van der Waals surface area contributed by atoms with Gasteiger partial charge in [-0.3, -0.25) is 9.38 Å². The number of methoxy groups -OCH3 is 1. The van der Waals surface area contributed by atoms with Crippen LogP contribution in [0.15, 0.2) is 67.1 Å². The minimum atomic E-state index is 0.748. The van der Waals surface area contributed by atoms with E-state index in [0.29, 0.717) is 0 Å². The molecule has 25 heavy (non-hydrogen) atoms. The number of hydrogen-bond donors (Lipinski definition) is 1. The Hall–Kier alpha value is -3.34. The number of rotatable bonds is 4. The lowest BCUT2D eigenvalue weighted by Crippen LogP contribution is -1.92. The van der Waals surface area contributed by atoms with E-state index in [4.69, 9.17) is 4.74 Å². The quantitative estimate of drug-likeness (QED) is 0.612. The molecule has 4 rings (SSSR count). The molecule has 1 N–H and O–H groups in total. The lowest BCUT2D eigenvalue weighted by Gasteiger charge is -2.07. The van der Waals surface area contributed by atoms with E-state index in [1.54, 1.807) is 13.3 Å². The molecule has 5 nitrogen and oxygen atoms in total. The highest BCUT2D eigenvalue weighted by atomic mass is 16.5. The molecule has 0 aliphatic rings. The molecule has 1 aromatic carbocycles. The van der Waals surface area contributed by atoms with Crippen molar-refractivity contribution in [2.24, 2.45) is 0 Å². The van der Waals surface area contributed by atoms with E-state index < -0.39 is 0 Å². The summed E-state index contributed by atoms with van der Waals surface area (Å²) in [5.41, 5.74) is 6.06. The zero-order valence-electron chi connectivity index (χ0n) is 14.1. The van der Waals surface area contributed by atoms with Gasteiger partial charge in [0.2, 0.25) is 0 Å². The number of hydrogen-bond acceptors (Lipinski definition) is 4. The number of imidazole rings is 1. The monoisotopic (exact) mass is 330 g/mol. The Labute approximate surface area is 145 Å². The second-order valence-corrected chi connectivity index (χ2v) is 5.70. The molecular formula is C20H18N4O. The van der Waals surface area contributed by atoms with Gasteiger partial charge in [-0.1, -0.05) is 12.1 Å². The van der Waals surface area contributed by atoms with Crippen molar-refractivity contribution >= 4 is 11.3 Å². The molecule has 3 aromatic heterocycles. The van der Waals surface area contributed by atoms with Crippen LogP contribution in [0.1, 0.15) is 0 Å². The van der Waals surface area contributed by atoms with Gasteiger partial charge in [-0.05, 0) is 36.4 Å². The number of ether oxygens (including phenoxy) is 1. The maximum atomic E-state index is 5.16. The SMILES string of the molecule is CNc1cccc(-c2cnc3cc(-c4ccc(OC)cn4)ccn23)c1. The maximum absolute atomic E-state index is 5.16. The largest absolute Gasteiger partial charge is 0.495 e. The molecule has 0 radical (unpaired) electrons. The molecule has 0 saturated heterocycles. The number of benzene rings is 1. The molecular weight excluding hydrogens is 312 g/mol. The van der Waals surface area contributed by atoms with Crippen LogP contribution in [0.5, 0.6) is 5.75 Å². The first-order valence-electron chi connectivity index (χ1n) is 8.04. The molecule has 3 heterocycles. The van der Waals surface area contributed by atoms with Crippen molar-refractivity contribution in [2.45, 2.75) is 0 Å². The van der Waals surface area contributed by atoms with Crippen molar-refractivity contribution in [3.05, 3.63) is 67.1 Å². The fraction of sp³-hybridized carbons (Fsp3) is 0.100. The number of anilines is 1. The van der Waals surface area contributed by atoms with Gasteiger partial charge in [-0.15, -0.1) is 0 Å². The summed E-state index contributed by atoms with van der Waals surface area (Å²) in [5.74, 6) is 0.748. The summed E-state index contributed by atoms with van der Waals surface area (Å²) < 4.78 is 7.25. The van der Waals surface area contributed by atoms with Gasteiger partial charge < -0.3 is 10.1 Å². The van der Waals surface area contributed by atoms with E-state index >= 15 is 0 Å². The third-order valence-corrected chi connectivity index (χ3v) is 4.23. The lowest BCUT2D eigenvalue weighted by atomic mass is 10.1. The fourth-order valence-corrected chi connectivity index (χ4v) is 2.86. The standard InChI is InChI=1S/C20H18N4O/c1-21-16-5-3-4-15(10-16)19-13-23-20-11-14(8-9-24(19)20)18-7-6-17(25-2)12-22-18/h3-13,21H,1-2H3. The summed E-state index contributed by atoms with van der Waals surface area (Å²) in [4.78, 5) is 9.00. The van der Waals surface area contributed by atoms with E-state index in [1.807, 2.05) is 49.8 Å². The first-order chi connectivity index (χ1) is 12.3. The van der Waals surface area contributed by atoms with Crippen molar-refractivity contribution in [1.29, 1.82) is 0 Å². The second-order valence-electron chi connectivity index (χ2n) is 5.70. The molecule has 0 bridgehead atoms. The maximum Gasteiger partial charge on any atom is 0.137 e. The molecule has 0 saturated carbocycles. The Morgan fingerprint density at radius 2 is 1.88 bits per heavy atom. The second kappa shape index (κ2) is 6.28. The number of fused-ring (bicyclic) bond motifs is 1. The Morgan fingerprint density at radius 1 is 0.960 bits per heavy atom. The zero-order chi connectivity index (χ0) is 17.2. The van der Waals surface area contributed by atoms with Gasteiger partial charge in [0.05, 0.1) is 30.9 Å². The molecule has 4 aromatic rings. The minimum Gasteiger partial charge on any atom is -0.495 e. The van der Waals surface area contributed by atoms with E-state index in [9.17, 15) is 0 Å². The van der Waals surface area contributed by atoms with Crippen LogP contribution >= 0.6 is 0 Å². The van der Waals surface area contributed by atoms with E-state index in [1.165, 1.54) is 0 Å². The average molecular weight is 330 g/mol. The Kier molecular flexibility index (Phi) is 3.82. The van der Waals surface area contributed by atoms with Crippen LogP contribution in [-0.4, -0.2) is 28.5 Å². The molecule has 0 atom stereocenters. The van der Waals surface area contributed by atoms with Gasteiger partial charge in [0.1, 0.15) is 11.4 Å². The van der Waals surface area contributed by atoms with Crippen LogP contribution in [0, 0.1) is 0 Å². The number of aromatic nitrogens is 3. The molecule has 5 heteroatoms. The first kappa shape index (κ1) is 15.2. The summed E-state index contributed by atoms with van der Waals surface area (Å²) in [6.45, 7) is 0. The topological polar surface area (TPSA) is 51.5 Å². The van der Waals surface area contributed by atoms with Crippen molar-refractivity contribution in [1.82, 2.24) is 14.4 Å². The summed E-state index contributed by atoms with van der Waals surface area (Å²) >= 11 is 0. The lowest BCUT2D eigenvalue weighted by molar-refractivity contribution is 0.413. The van der Waals surface area contributed by atoms with Gasteiger partial charge in [0.15, 0.2) is 0 Å². The van der Waals surface area contributed by atoms with Crippen LogP contribution in [0.4, 0.5) is 5.69 Å². The zero-order valence-corrected chi connectivity index (χ0v) is 14.1. The fourth-order valence-electron chi connectivity index (χ4n) is 2.86. The van der Waals surface area contributed by atoms with Gasteiger partial charge >= 0.3 is 0 Å². The number of nitrogens with zero attached hydrogens (tertiary/aromatic N) is 3. The highest BCUT2D eigenvalue weighted by molar-refractivity contribution is 5.71. The normalized spacial score (nSPS) is 10.8. The van der Waals surface area contributed by atoms with Crippen molar-refractivity contribution < 1.29 is 4.74 Å². The van der Waals surface area contributed by atoms with Crippen molar-refractivity contribution in [3.63, 3.8) is 0 Å². The summed E-state index contributed by atoms with van der Waals surface area (Å²) in [5, 5.41) is 3.17. The Morgan fingerprint density at radius 3 is 2.64 bits per heavy atom. The molecule has 0 unspecified atom stereocenters. The average Bonchev–Trinajstić information content (AvgIpc) is 3.11. The third-order valence-electron chi connectivity index (χ3n) is 4.23. The number of nitrogens with one attached hydrogen (secondary N) is 1. The summed E-state index contributed by atoms with van der Waals surface area (Å²) in [6.07, 6.45) is 5.65. The molecule has 124 valence electrons. The summed E-state index contributed by atoms with van der Waals surface area (Å²) in [7, 11) is 3.56. The van der Waals surface area contributed by atoms with Gasteiger partial charge in [0, 0.05) is 30.1 Å². The van der Waals surface area contributed by atoms with Crippen molar-refractivity contribution in [2.75, 3.05) is 19.5 Å². The van der Waals surface area contributed by atoms with Crippen LogP contribution in [-0.2, 0) is 0 Å². The van der Waals surface area contributed by atoms with E-state index in [0.717, 1.165) is 39.6 Å². The Balaban J connectivity index is 1.75. The number of pyridine rings is 2. The predicted molar refractivity (Wildman–Crippen MR) is 100.0 cm³/mol. The van der Waals surface area contributed by atoms with Crippen LogP contribution < -0.4 is 10.1 Å². The van der Waals surface area contributed by atoms with Gasteiger partial charge in [-0.25, -0.2) is 4.98 Å². The molecule has 0 spiro atoms. The van der Waals surface area contributed by atoms with Gasteiger partial charge in [0.25, 0.3) is 0 Å². The van der Waals surface area contributed by atoms with Crippen molar-refractivity contribution in [3.8, 4) is 28.3 Å². The van der Waals surface area contributed by atoms with Crippen LogP contribution in [0.2, 0.25) is 0 Å². The van der Waals surface area contributed by atoms with E-state index in [2.05, 4.69) is 37.9 Å². The smallest absolute Gasteiger partial charge is 0.137 e. The van der Waals surface area contributed by atoms with Gasteiger partial charge in [-0.2, -0.15) is 0 Å². The highest BCUT2D eigenvalue weighted by Gasteiger charge is 2.08. The summed E-state index contributed by atoms with van der Waals surface area (Å²) in [6, 6.07) is 16.2. The Bertz CT molecular complexity index is 1020.